The summed E-state index contributed by atoms with van der Waals surface area (Å²) in [5.41, 5.74) is 2.84. The third-order valence-electron chi connectivity index (χ3n) is 5.47. The van der Waals surface area contributed by atoms with Gasteiger partial charge in [0.1, 0.15) is 5.70 Å². The zero-order chi connectivity index (χ0) is 23.8. The Morgan fingerprint density at radius 2 is 1.58 bits per heavy atom. The minimum atomic E-state index is -4.52. The van der Waals surface area contributed by atoms with Crippen LogP contribution in [0.25, 0.3) is 5.57 Å². The minimum absolute atomic E-state index is 0.102. The SMILES string of the molecule is Cc1ccc(NC2=C(c3ccccc3)C(=O)N(Cc3cccc(C(F)(F)F)c3)C2=O)c(C)c1. The van der Waals surface area contributed by atoms with Crippen LogP contribution in [0.5, 0.6) is 0 Å². The standard InChI is InChI=1S/C26H21F3N2O2/c1-16-11-12-21(17(2)13-16)30-23-22(19-8-4-3-5-9-19)24(32)31(25(23)33)15-18-7-6-10-20(14-18)26(27,28)29/h3-14,30H,15H2,1-2H3. The number of hydrogen-bond acceptors (Lipinski definition) is 3. The summed E-state index contributed by atoms with van der Waals surface area (Å²) in [7, 11) is 0. The van der Waals surface area contributed by atoms with E-state index in [2.05, 4.69) is 5.32 Å². The summed E-state index contributed by atoms with van der Waals surface area (Å²) in [5, 5.41) is 3.10. The van der Waals surface area contributed by atoms with Gasteiger partial charge in [-0.25, -0.2) is 0 Å². The molecule has 1 N–H and O–H groups in total. The van der Waals surface area contributed by atoms with Gasteiger partial charge in [0.2, 0.25) is 0 Å². The average Bonchev–Trinajstić information content (AvgIpc) is 3.00. The molecule has 3 aromatic carbocycles. The zero-order valence-corrected chi connectivity index (χ0v) is 18.0. The average molecular weight is 450 g/mol. The number of carbonyl (C=O) groups is 2. The third kappa shape index (κ3) is 4.53. The van der Waals surface area contributed by atoms with Crippen molar-refractivity contribution in [3.63, 3.8) is 0 Å². The van der Waals surface area contributed by atoms with Crippen molar-refractivity contribution in [2.45, 2.75) is 26.6 Å². The number of nitrogens with zero attached hydrogens (tertiary/aromatic N) is 1. The Morgan fingerprint density at radius 3 is 2.24 bits per heavy atom. The predicted octanol–water partition coefficient (Wildman–Crippen LogP) is 5.71. The minimum Gasteiger partial charge on any atom is -0.350 e. The molecule has 1 aliphatic heterocycles. The molecule has 0 radical (unpaired) electrons. The van der Waals surface area contributed by atoms with Gasteiger partial charge in [0.25, 0.3) is 11.8 Å². The number of anilines is 1. The maximum Gasteiger partial charge on any atom is 0.416 e. The fourth-order valence-corrected chi connectivity index (χ4v) is 3.83. The van der Waals surface area contributed by atoms with Gasteiger partial charge in [-0.2, -0.15) is 13.2 Å². The lowest BCUT2D eigenvalue weighted by atomic mass is 10.0. The lowest BCUT2D eigenvalue weighted by molar-refractivity contribution is -0.137. The van der Waals surface area contributed by atoms with E-state index < -0.39 is 23.6 Å². The Morgan fingerprint density at radius 1 is 0.848 bits per heavy atom. The summed E-state index contributed by atoms with van der Waals surface area (Å²) in [6.45, 7) is 3.57. The molecule has 1 heterocycles. The summed E-state index contributed by atoms with van der Waals surface area (Å²) >= 11 is 0. The molecule has 0 spiro atoms. The summed E-state index contributed by atoms with van der Waals surface area (Å²) in [6, 6.07) is 19.1. The van der Waals surface area contributed by atoms with E-state index in [1.54, 1.807) is 30.3 Å². The first-order chi connectivity index (χ1) is 15.6. The van der Waals surface area contributed by atoms with Crippen LogP contribution in [0.1, 0.15) is 27.8 Å². The van der Waals surface area contributed by atoms with Crippen LogP contribution in [0.15, 0.2) is 78.5 Å². The molecule has 0 aromatic heterocycles. The summed E-state index contributed by atoms with van der Waals surface area (Å²) in [6.07, 6.45) is -4.52. The number of rotatable bonds is 5. The van der Waals surface area contributed by atoms with Crippen molar-refractivity contribution in [3.8, 4) is 0 Å². The van der Waals surface area contributed by atoms with Gasteiger partial charge in [-0.1, -0.05) is 60.2 Å². The molecular formula is C26H21F3N2O2. The van der Waals surface area contributed by atoms with Crippen molar-refractivity contribution >= 4 is 23.1 Å². The van der Waals surface area contributed by atoms with Crippen LogP contribution in [0.3, 0.4) is 0 Å². The largest absolute Gasteiger partial charge is 0.416 e. The highest BCUT2D eigenvalue weighted by molar-refractivity contribution is 6.36. The molecule has 4 rings (SSSR count). The molecular weight excluding hydrogens is 429 g/mol. The van der Waals surface area contributed by atoms with E-state index in [-0.39, 0.29) is 23.4 Å². The summed E-state index contributed by atoms with van der Waals surface area (Å²) < 4.78 is 39.4. The van der Waals surface area contributed by atoms with Crippen LogP contribution in [0, 0.1) is 13.8 Å². The maximum atomic E-state index is 13.3. The van der Waals surface area contributed by atoms with Gasteiger partial charge in [-0.05, 0) is 48.7 Å². The van der Waals surface area contributed by atoms with Crippen molar-refractivity contribution in [1.82, 2.24) is 4.90 Å². The molecule has 0 saturated heterocycles. The quantitative estimate of drug-likeness (QED) is 0.506. The lowest BCUT2D eigenvalue weighted by Gasteiger charge is -2.17. The van der Waals surface area contributed by atoms with E-state index >= 15 is 0 Å². The molecule has 0 aliphatic carbocycles. The first kappa shape index (κ1) is 22.3. The first-order valence-corrected chi connectivity index (χ1v) is 10.3. The number of nitrogens with one attached hydrogen (secondary N) is 1. The topological polar surface area (TPSA) is 49.4 Å². The van der Waals surface area contributed by atoms with Crippen LogP contribution in [-0.2, 0) is 22.3 Å². The number of benzene rings is 3. The van der Waals surface area contributed by atoms with Crippen LogP contribution in [-0.4, -0.2) is 16.7 Å². The van der Waals surface area contributed by atoms with Crippen LogP contribution < -0.4 is 5.32 Å². The number of aryl methyl sites for hydroxylation is 2. The normalized spacial score (nSPS) is 14.3. The highest BCUT2D eigenvalue weighted by atomic mass is 19.4. The van der Waals surface area contributed by atoms with Crippen molar-refractivity contribution in [1.29, 1.82) is 0 Å². The molecule has 168 valence electrons. The van der Waals surface area contributed by atoms with Crippen LogP contribution in [0.4, 0.5) is 18.9 Å². The second-order valence-corrected chi connectivity index (χ2v) is 7.95. The Labute approximate surface area is 189 Å². The number of carbonyl (C=O) groups excluding carboxylic acids is 2. The van der Waals surface area contributed by atoms with Crippen molar-refractivity contribution in [2.24, 2.45) is 0 Å². The molecule has 0 atom stereocenters. The molecule has 0 fully saturated rings. The number of hydrogen-bond donors (Lipinski definition) is 1. The molecule has 7 heteroatoms. The molecule has 33 heavy (non-hydrogen) atoms. The number of alkyl halides is 3. The highest BCUT2D eigenvalue weighted by Gasteiger charge is 2.39. The second-order valence-electron chi connectivity index (χ2n) is 7.95. The molecule has 0 bridgehead atoms. The van der Waals surface area contributed by atoms with E-state index in [0.29, 0.717) is 11.3 Å². The summed E-state index contributed by atoms with van der Waals surface area (Å²) in [5.74, 6) is -1.15. The number of amides is 2. The highest BCUT2D eigenvalue weighted by Crippen LogP contribution is 2.34. The van der Waals surface area contributed by atoms with E-state index in [4.69, 9.17) is 0 Å². The van der Waals surface area contributed by atoms with Crippen molar-refractivity contribution in [3.05, 3.63) is 106 Å². The van der Waals surface area contributed by atoms with Crippen LogP contribution in [0.2, 0.25) is 0 Å². The van der Waals surface area contributed by atoms with Gasteiger partial charge >= 0.3 is 6.18 Å². The first-order valence-electron chi connectivity index (χ1n) is 10.3. The lowest BCUT2D eigenvalue weighted by Crippen LogP contribution is -2.32. The van der Waals surface area contributed by atoms with Crippen molar-refractivity contribution < 1.29 is 22.8 Å². The third-order valence-corrected chi connectivity index (χ3v) is 5.47. The monoisotopic (exact) mass is 450 g/mol. The van der Waals surface area contributed by atoms with E-state index in [0.717, 1.165) is 28.2 Å². The molecule has 0 unspecified atom stereocenters. The fraction of sp³-hybridized carbons (Fsp3) is 0.154. The maximum absolute atomic E-state index is 13.3. The zero-order valence-electron chi connectivity index (χ0n) is 18.0. The van der Waals surface area contributed by atoms with Crippen molar-refractivity contribution in [2.75, 3.05) is 5.32 Å². The van der Waals surface area contributed by atoms with E-state index in [1.165, 1.54) is 12.1 Å². The van der Waals surface area contributed by atoms with Gasteiger partial charge < -0.3 is 5.32 Å². The van der Waals surface area contributed by atoms with Gasteiger partial charge in [0.15, 0.2) is 0 Å². The molecule has 3 aromatic rings. The fourth-order valence-electron chi connectivity index (χ4n) is 3.83. The van der Waals surface area contributed by atoms with E-state index in [9.17, 15) is 22.8 Å². The Kier molecular flexibility index (Phi) is 5.80. The van der Waals surface area contributed by atoms with Gasteiger partial charge in [-0.3, -0.25) is 14.5 Å². The van der Waals surface area contributed by atoms with E-state index in [1.807, 2.05) is 32.0 Å². The number of halogens is 3. The molecule has 0 saturated carbocycles. The summed E-state index contributed by atoms with van der Waals surface area (Å²) in [4.78, 5) is 27.6. The van der Waals surface area contributed by atoms with Gasteiger partial charge in [-0.15, -0.1) is 0 Å². The number of imide groups is 1. The molecule has 1 aliphatic rings. The van der Waals surface area contributed by atoms with Gasteiger partial charge in [0.05, 0.1) is 17.7 Å². The second kappa shape index (κ2) is 8.58. The van der Waals surface area contributed by atoms with Gasteiger partial charge in [0, 0.05) is 5.69 Å². The molecule has 2 amide bonds. The predicted molar refractivity (Wildman–Crippen MR) is 120 cm³/mol. The molecule has 4 nitrogen and oxygen atoms in total. The van der Waals surface area contributed by atoms with Crippen LogP contribution >= 0.6 is 0 Å². The Hall–Kier alpha value is -3.87. The Bertz CT molecular complexity index is 1260. The smallest absolute Gasteiger partial charge is 0.350 e. The Balaban J connectivity index is 1.72.